The SMILES string of the molecule is O=C(Oc1ccc(OC2CC(OCc3ccccc3)CC(COCc3ccccc3)O2)cc1)c1ccccc1. The van der Waals surface area contributed by atoms with Crippen LogP contribution >= 0.6 is 0 Å². The van der Waals surface area contributed by atoms with Crippen molar-refractivity contribution in [1.82, 2.24) is 0 Å². The van der Waals surface area contributed by atoms with E-state index in [-0.39, 0.29) is 12.2 Å². The zero-order valence-corrected chi connectivity index (χ0v) is 21.7. The highest BCUT2D eigenvalue weighted by atomic mass is 16.7. The lowest BCUT2D eigenvalue weighted by atomic mass is 10.0. The van der Waals surface area contributed by atoms with Crippen molar-refractivity contribution in [3.05, 3.63) is 132 Å². The normalized spacial score (nSPS) is 18.8. The summed E-state index contributed by atoms with van der Waals surface area (Å²) in [5, 5.41) is 0. The predicted octanol–water partition coefficient (Wildman–Crippen LogP) is 6.59. The number of hydrogen-bond donors (Lipinski definition) is 0. The summed E-state index contributed by atoms with van der Waals surface area (Å²) in [4.78, 5) is 12.3. The maximum absolute atomic E-state index is 12.3. The third kappa shape index (κ3) is 8.26. The van der Waals surface area contributed by atoms with Gasteiger partial charge in [-0.1, -0.05) is 78.9 Å². The quantitative estimate of drug-likeness (QED) is 0.163. The van der Waals surface area contributed by atoms with Gasteiger partial charge in [0.15, 0.2) is 0 Å². The van der Waals surface area contributed by atoms with Gasteiger partial charge in [-0.25, -0.2) is 4.79 Å². The molecule has 39 heavy (non-hydrogen) atoms. The molecule has 200 valence electrons. The summed E-state index contributed by atoms with van der Waals surface area (Å²) < 4.78 is 30.1. The molecule has 0 saturated carbocycles. The van der Waals surface area contributed by atoms with Crippen LogP contribution in [0.5, 0.6) is 11.5 Å². The Hall–Kier alpha value is -3.97. The molecule has 0 N–H and O–H groups in total. The topological polar surface area (TPSA) is 63.2 Å². The number of hydrogen-bond acceptors (Lipinski definition) is 6. The first-order valence-corrected chi connectivity index (χ1v) is 13.2. The summed E-state index contributed by atoms with van der Waals surface area (Å²) in [5.41, 5.74) is 2.74. The Kier molecular flexibility index (Phi) is 9.36. The Morgan fingerprint density at radius 1 is 0.692 bits per heavy atom. The summed E-state index contributed by atoms with van der Waals surface area (Å²) >= 11 is 0. The van der Waals surface area contributed by atoms with Crippen LogP contribution in [0.3, 0.4) is 0 Å². The van der Waals surface area contributed by atoms with E-state index in [1.165, 1.54) is 0 Å². The first kappa shape index (κ1) is 26.6. The van der Waals surface area contributed by atoms with Gasteiger partial charge in [0.1, 0.15) is 11.5 Å². The van der Waals surface area contributed by atoms with E-state index in [9.17, 15) is 4.79 Å². The van der Waals surface area contributed by atoms with E-state index in [2.05, 4.69) is 12.1 Å². The average molecular weight is 525 g/mol. The fourth-order valence-corrected chi connectivity index (χ4v) is 4.40. The maximum Gasteiger partial charge on any atom is 0.343 e. The Balaban J connectivity index is 1.18. The Labute approximate surface area is 229 Å². The fraction of sp³-hybridized carbons (Fsp3) is 0.242. The molecule has 6 heteroatoms. The number of ether oxygens (including phenoxy) is 5. The molecular formula is C33H32O6. The van der Waals surface area contributed by atoms with Gasteiger partial charge in [0.2, 0.25) is 6.29 Å². The van der Waals surface area contributed by atoms with Gasteiger partial charge in [0, 0.05) is 12.8 Å². The van der Waals surface area contributed by atoms with Crippen molar-refractivity contribution in [2.24, 2.45) is 0 Å². The first-order valence-electron chi connectivity index (χ1n) is 13.2. The zero-order chi connectivity index (χ0) is 26.7. The van der Waals surface area contributed by atoms with Crippen LogP contribution in [0.15, 0.2) is 115 Å². The lowest BCUT2D eigenvalue weighted by Crippen LogP contribution is -2.41. The zero-order valence-electron chi connectivity index (χ0n) is 21.7. The lowest BCUT2D eigenvalue weighted by molar-refractivity contribution is -0.200. The molecule has 0 aliphatic carbocycles. The smallest absolute Gasteiger partial charge is 0.343 e. The minimum Gasteiger partial charge on any atom is -0.465 e. The van der Waals surface area contributed by atoms with Crippen molar-refractivity contribution in [3.8, 4) is 11.5 Å². The van der Waals surface area contributed by atoms with Crippen LogP contribution in [0.4, 0.5) is 0 Å². The van der Waals surface area contributed by atoms with E-state index < -0.39 is 12.3 Å². The number of carbonyl (C=O) groups excluding carboxylic acids is 1. The van der Waals surface area contributed by atoms with Gasteiger partial charge in [0.05, 0.1) is 37.6 Å². The molecule has 4 aromatic rings. The molecule has 1 heterocycles. The largest absolute Gasteiger partial charge is 0.465 e. The number of esters is 1. The summed E-state index contributed by atoms with van der Waals surface area (Å²) in [6.07, 6.45) is 0.602. The van der Waals surface area contributed by atoms with Crippen LogP contribution in [0.25, 0.3) is 0 Å². The van der Waals surface area contributed by atoms with Crippen LogP contribution in [-0.2, 0) is 27.4 Å². The van der Waals surface area contributed by atoms with Gasteiger partial charge in [0.25, 0.3) is 0 Å². The number of benzene rings is 4. The van der Waals surface area contributed by atoms with E-state index in [4.69, 9.17) is 23.7 Å². The first-order chi connectivity index (χ1) is 19.2. The summed E-state index contributed by atoms with van der Waals surface area (Å²) in [5.74, 6) is 0.654. The second-order valence-corrected chi connectivity index (χ2v) is 9.42. The van der Waals surface area contributed by atoms with Gasteiger partial charge >= 0.3 is 5.97 Å². The van der Waals surface area contributed by atoms with Crippen LogP contribution in [-0.4, -0.2) is 31.1 Å². The van der Waals surface area contributed by atoms with Gasteiger partial charge in [-0.15, -0.1) is 0 Å². The minimum absolute atomic E-state index is 0.0413. The van der Waals surface area contributed by atoms with Crippen molar-refractivity contribution >= 4 is 5.97 Å². The van der Waals surface area contributed by atoms with Gasteiger partial charge in [-0.3, -0.25) is 0 Å². The molecule has 1 aliphatic heterocycles. The van der Waals surface area contributed by atoms with Crippen molar-refractivity contribution in [2.75, 3.05) is 6.61 Å². The van der Waals surface area contributed by atoms with E-state index in [0.717, 1.165) is 17.5 Å². The molecule has 0 amide bonds. The maximum atomic E-state index is 12.3. The van der Waals surface area contributed by atoms with Crippen LogP contribution in [0, 0.1) is 0 Å². The molecule has 1 fully saturated rings. The highest BCUT2D eigenvalue weighted by molar-refractivity contribution is 5.90. The van der Waals surface area contributed by atoms with Crippen molar-refractivity contribution in [2.45, 2.75) is 44.6 Å². The van der Waals surface area contributed by atoms with Crippen LogP contribution in [0.2, 0.25) is 0 Å². The third-order valence-electron chi connectivity index (χ3n) is 6.38. The standard InChI is InChI=1S/C33H32O6/c34-33(27-14-8-3-9-15-27)39-29-18-16-28(17-19-29)37-32-21-30(36-23-26-12-6-2-7-13-26)20-31(38-32)24-35-22-25-10-4-1-5-11-25/h1-19,30-32H,20-24H2. The second kappa shape index (κ2) is 13.7. The second-order valence-electron chi connectivity index (χ2n) is 9.42. The van der Waals surface area contributed by atoms with Crippen molar-refractivity contribution < 1.29 is 28.5 Å². The Morgan fingerprint density at radius 3 is 1.95 bits per heavy atom. The Morgan fingerprint density at radius 2 is 1.28 bits per heavy atom. The predicted molar refractivity (Wildman–Crippen MR) is 147 cm³/mol. The molecule has 4 aromatic carbocycles. The van der Waals surface area contributed by atoms with Crippen LogP contribution in [0.1, 0.15) is 34.3 Å². The van der Waals surface area contributed by atoms with Crippen molar-refractivity contribution in [3.63, 3.8) is 0 Å². The molecule has 1 saturated heterocycles. The summed E-state index contributed by atoms with van der Waals surface area (Å²) in [6.45, 7) is 1.48. The summed E-state index contributed by atoms with van der Waals surface area (Å²) in [7, 11) is 0. The van der Waals surface area contributed by atoms with Crippen molar-refractivity contribution in [1.29, 1.82) is 0 Å². The molecule has 0 aromatic heterocycles. The molecule has 3 unspecified atom stereocenters. The molecule has 0 radical (unpaired) electrons. The average Bonchev–Trinajstić information content (AvgIpc) is 2.99. The monoisotopic (exact) mass is 524 g/mol. The lowest BCUT2D eigenvalue weighted by Gasteiger charge is -2.35. The highest BCUT2D eigenvalue weighted by Gasteiger charge is 2.32. The Bertz CT molecular complexity index is 1280. The highest BCUT2D eigenvalue weighted by Crippen LogP contribution is 2.27. The molecule has 0 bridgehead atoms. The van der Waals surface area contributed by atoms with Gasteiger partial charge < -0.3 is 23.7 Å². The minimum atomic E-state index is -0.498. The molecule has 5 rings (SSSR count). The van der Waals surface area contributed by atoms with E-state index >= 15 is 0 Å². The molecule has 3 atom stereocenters. The van der Waals surface area contributed by atoms with Gasteiger partial charge in [-0.2, -0.15) is 0 Å². The fourth-order valence-electron chi connectivity index (χ4n) is 4.40. The molecular weight excluding hydrogens is 492 g/mol. The summed E-state index contributed by atoms with van der Waals surface area (Å²) in [6, 6.07) is 36.1. The molecule has 1 aliphatic rings. The van der Waals surface area contributed by atoms with E-state index in [1.54, 1.807) is 48.5 Å². The van der Waals surface area contributed by atoms with Crippen LogP contribution < -0.4 is 9.47 Å². The molecule has 6 nitrogen and oxygen atoms in total. The molecule has 0 spiro atoms. The third-order valence-corrected chi connectivity index (χ3v) is 6.38. The van der Waals surface area contributed by atoms with Gasteiger partial charge in [-0.05, 0) is 47.5 Å². The van der Waals surface area contributed by atoms with E-state index in [1.807, 2.05) is 54.6 Å². The number of carbonyl (C=O) groups is 1. The van der Waals surface area contributed by atoms with E-state index in [0.29, 0.717) is 43.3 Å². The number of rotatable bonds is 11.